The van der Waals surface area contributed by atoms with Crippen molar-refractivity contribution in [2.24, 2.45) is 11.8 Å². The van der Waals surface area contributed by atoms with Gasteiger partial charge in [-0.15, -0.1) is 11.3 Å². The van der Waals surface area contributed by atoms with Crippen molar-refractivity contribution in [1.29, 1.82) is 0 Å². The van der Waals surface area contributed by atoms with Gasteiger partial charge in [-0.05, 0) is 69.7 Å². The number of hydrogen-bond donors (Lipinski definition) is 1. The first kappa shape index (κ1) is 23.5. The van der Waals surface area contributed by atoms with E-state index in [1.54, 1.807) is 4.68 Å². The number of ether oxygens (including phenoxy) is 1. The zero-order valence-electron chi connectivity index (χ0n) is 19.8. The first-order valence-electron chi connectivity index (χ1n) is 12.1. The normalized spacial score (nSPS) is 18.3. The molecule has 0 unspecified atom stereocenters. The van der Waals surface area contributed by atoms with E-state index in [-0.39, 0.29) is 11.8 Å². The van der Waals surface area contributed by atoms with Gasteiger partial charge in [-0.1, -0.05) is 26.2 Å². The lowest BCUT2D eigenvalue weighted by Crippen LogP contribution is -2.28. The van der Waals surface area contributed by atoms with Crippen LogP contribution in [0.2, 0.25) is 0 Å². The monoisotopic (exact) mass is 466 g/mol. The number of hydrogen-bond acceptors (Lipinski definition) is 5. The number of thiazole rings is 1. The molecule has 1 aliphatic rings. The van der Waals surface area contributed by atoms with Gasteiger partial charge in [-0.2, -0.15) is 9.78 Å². The number of carbonyl (C=O) groups is 1. The van der Waals surface area contributed by atoms with Gasteiger partial charge in [0.1, 0.15) is 11.6 Å². The Hall–Kier alpha value is -2.67. The van der Waals surface area contributed by atoms with Crippen LogP contribution in [-0.2, 0) is 4.79 Å². The van der Waals surface area contributed by atoms with Crippen molar-refractivity contribution in [3.05, 3.63) is 41.4 Å². The van der Waals surface area contributed by atoms with Gasteiger partial charge >= 0.3 is 0 Å². The molecule has 33 heavy (non-hydrogen) atoms. The van der Waals surface area contributed by atoms with Crippen molar-refractivity contribution in [2.45, 2.75) is 65.7 Å². The van der Waals surface area contributed by atoms with Crippen molar-refractivity contribution in [1.82, 2.24) is 14.8 Å². The fourth-order valence-corrected chi connectivity index (χ4v) is 5.35. The van der Waals surface area contributed by atoms with Gasteiger partial charge in [-0.25, -0.2) is 4.98 Å². The summed E-state index contributed by atoms with van der Waals surface area (Å²) in [6.07, 6.45) is 8.13. The molecule has 0 saturated heterocycles. The third-order valence-electron chi connectivity index (χ3n) is 6.40. The number of aryl methyl sites for hydroxylation is 1. The fraction of sp³-hybridized carbons (Fsp3) is 0.500. The molecule has 4 rings (SSSR count). The van der Waals surface area contributed by atoms with Crippen LogP contribution in [-0.4, -0.2) is 27.3 Å². The quantitative estimate of drug-likeness (QED) is 0.384. The van der Waals surface area contributed by atoms with E-state index < -0.39 is 0 Å². The highest BCUT2D eigenvalue weighted by Crippen LogP contribution is 2.33. The Morgan fingerprint density at radius 1 is 1.18 bits per heavy atom. The molecule has 7 heteroatoms. The molecular formula is C26H34N4O2S. The summed E-state index contributed by atoms with van der Waals surface area (Å²) in [5, 5.41) is 10.5. The molecular weight excluding hydrogens is 432 g/mol. The SMILES string of the molecule is CCCCC1CCC(C(=O)Nc2cc(C)nn2-c2nc(-c3ccc(OCC)cc3)cs2)CC1. The van der Waals surface area contributed by atoms with Gasteiger partial charge < -0.3 is 10.1 Å². The summed E-state index contributed by atoms with van der Waals surface area (Å²) in [5.41, 5.74) is 2.76. The van der Waals surface area contributed by atoms with Crippen LogP contribution in [0.15, 0.2) is 35.7 Å². The summed E-state index contributed by atoms with van der Waals surface area (Å²) >= 11 is 1.52. The topological polar surface area (TPSA) is 69.0 Å². The third kappa shape index (κ3) is 5.82. The summed E-state index contributed by atoms with van der Waals surface area (Å²) in [7, 11) is 0. The number of nitrogens with one attached hydrogen (secondary N) is 1. The van der Waals surface area contributed by atoms with Gasteiger partial charge in [0.2, 0.25) is 11.0 Å². The summed E-state index contributed by atoms with van der Waals surface area (Å²) in [4.78, 5) is 17.8. The highest BCUT2D eigenvalue weighted by Gasteiger charge is 2.27. The van der Waals surface area contributed by atoms with Gasteiger partial charge in [-0.3, -0.25) is 4.79 Å². The first-order chi connectivity index (χ1) is 16.1. The number of unbranched alkanes of at least 4 members (excludes halogenated alkanes) is 1. The van der Waals surface area contributed by atoms with E-state index in [1.807, 2.05) is 49.6 Å². The Balaban J connectivity index is 1.43. The zero-order valence-corrected chi connectivity index (χ0v) is 20.7. The van der Waals surface area contributed by atoms with Crippen LogP contribution in [0.4, 0.5) is 5.82 Å². The lowest BCUT2D eigenvalue weighted by molar-refractivity contribution is -0.121. The van der Waals surface area contributed by atoms with E-state index in [2.05, 4.69) is 17.3 Å². The summed E-state index contributed by atoms with van der Waals surface area (Å²) in [5.74, 6) is 2.52. The standard InChI is InChI=1S/C26H34N4O2S/c1-4-6-7-19-8-10-21(11-9-19)25(31)28-24-16-18(3)29-30(24)26-27-23(17-33-26)20-12-14-22(15-13-20)32-5-2/h12-17,19,21H,4-11H2,1-3H3,(H,28,31). The van der Waals surface area contributed by atoms with Crippen LogP contribution in [0.5, 0.6) is 5.75 Å². The Bertz CT molecular complexity index is 1050. The summed E-state index contributed by atoms with van der Waals surface area (Å²) in [6, 6.07) is 9.86. The lowest BCUT2D eigenvalue weighted by Gasteiger charge is -2.27. The maximum absolute atomic E-state index is 13.0. The minimum absolute atomic E-state index is 0.0854. The second kappa shape index (κ2) is 11.0. The minimum Gasteiger partial charge on any atom is -0.494 e. The van der Waals surface area contributed by atoms with Gasteiger partial charge in [0, 0.05) is 22.9 Å². The number of aromatic nitrogens is 3. The Kier molecular flexibility index (Phi) is 7.81. The maximum Gasteiger partial charge on any atom is 0.228 e. The van der Waals surface area contributed by atoms with Crippen LogP contribution in [0, 0.1) is 18.8 Å². The zero-order chi connectivity index (χ0) is 23.2. The van der Waals surface area contributed by atoms with E-state index in [4.69, 9.17) is 9.72 Å². The first-order valence-corrected chi connectivity index (χ1v) is 13.0. The van der Waals surface area contributed by atoms with Crippen LogP contribution in [0.1, 0.15) is 64.5 Å². The van der Waals surface area contributed by atoms with Crippen molar-refractivity contribution in [3.63, 3.8) is 0 Å². The molecule has 1 saturated carbocycles. The Morgan fingerprint density at radius 3 is 2.64 bits per heavy atom. The smallest absolute Gasteiger partial charge is 0.228 e. The molecule has 176 valence electrons. The van der Waals surface area contributed by atoms with Crippen LogP contribution >= 0.6 is 11.3 Å². The molecule has 0 bridgehead atoms. The molecule has 1 amide bonds. The van der Waals surface area contributed by atoms with Crippen LogP contribution in [0.3, 0.4) is 0 Å². The highest BCUT2D eigenvalue weighted by molar-refractivity contribution is 7.12. The average molecular weight is 467 g/mol. The van der Waals surface area contributed by atoms with Crippen LogP contribution in [0.25, 0.3) is 16.4 Å². The van der Waals surface area contributed by atoms with E-state index in [0.717, 1.165) is 59.4 Å². The molecule has 1 aliphatic carbocycles. The average Bonchev–Trinajstić information content (AvgIpc) is 3.45. The molecule has 1 N–H and O–H groups in total. The minimum atomic E-state index is 0.0854. The predicted molar refractivity (Wildman–Crippen MR) is 134 cm³/mol. The number of nitrogens with zero attached hydrogens (tertiary/aromatic N) is 3. The number of benzene rings is 1. The second-order valence-corrected chi connectivity index (χ2v) is 9.74. The van der Waals surface area contributed by atoms with Gasteiger partial charge in [0.25, 0.3) is 0 Å². The van der Waals surface area contributed by atoms with Crippen molar-refractivity contribution in [2.75, 3.05) is 11.9 Å². The van der Waals surface area contributed by atoms with E-state index >= 15 is 0 Å². The van der Waals surface area contributed by atoms with Crippen LogP contribution < -0.4 is 10.1 Å². The fourth-order valence-electron chi connectivity index (χ4n) is 4.55. The molecule has 1 fully saturated rings. The van der Waals surface area contributed by atoms with Gasteiger partial charge in [0.05, 0.1) is 18.0 Å². The molecule has 6 nitrogen and oxygen atoms in total. The predicted octanol–water partition coefficient (Wildman–Crippen LogP) is 6.64. The number of amides is 1. The number of anilines is 1. The Labute approximate surface area is 200 Å². The molecule has 2 aromatic heterocycles. The summed E-state index contributed by atoms with van der Waals surface area (Å²) in [6.45, 7) is 6.80. The second-order valence-electron chi connectivity index (χ2n) is 8.90. The molecule has 2 heterocycles. The van der Waals surface area contributed by atoms with E-state index in [9.17, 15) is 4.79 Å². The molecule has 0 radical (unpaired) electrons. The number of rotatable bonds is 9. The third-order valence-corrected chi connectivity index (χ3v) is 7.22. The van der Waals surface area contributed by atoms with Crippen molar-refractivity contribution in [3.8, 4) is 22.1 Å². The highest BCUT2D eigenvalue weighted by atomic mass is 32.1. The molecule has 0 spiro atoms. The molecule has 1 aromatic carbocycles. The molecule has 0 atom stereocenters. The largest absolute Gasteiger partial charge is 0.494 e. The van der Waals surface area contributed by atoms with E-state index in [1.165, 1.54) is 30.6 Å². The maximum atomic E-state index is 13.0. The Morgan fingerprint density at radius 2 is 1.94 bits per heavy atom. The van der Waals surface area contributed by atoms with Gasteiger partial charge in [0.15, 0.2) is 0 Å². The van der Waals surface area contributed by atoms with Crippen molar-refractivity contribution < 1.29 is 9.53 Å². The number of carbonyl (C=O) groups excluding carboxylic acids is 1. The lowest BCUT2D eigenvalue weighted by atomic mass is 9.79. The molecule has 0 aliphatic heterocycles. The van der Waals surface area contributed by atoms with E-state index in [0.29, 0.717) is 12.4 Å². The molecule has 3 aromatic rings. The van der Waals surface area contributed by atoms with Crippen molar-refractivity contribution >= 4 is 23.1 Å². The summed E-state index contributed by atoms with van der Waals surface area (Å²) < 4.78 is 7.28.